The van der Waals surface area contributed by atoms with Gasteiger partial charge in [0.15, 0.2) is 0 Å². The Morgan fingerprint density at radius 2 is 2.00 bits per heavy atom. The molecule has 1 amide bonds. The van der Waals surface area contributed by atoms with Gasteiger partial charge in [-0.15, -0.1) is 0 Å². The fourth-order valence-electron chi connectivity index (χ4n) is 0.859. The van der Waals surface area contributed by atoms with E-state index in [4.69, 9.17) is 9.84 Å². The minimum atomic E-state index is -1.13. The van der Waals surface area contributed by atoms with Crippen molar-refractivity contribution in [1.82, 2.24) is 5.32 Å². The highest BCUT2D eigenvalue weighted by atomic mass is 16.5. The summed E-state index contributed by atoms with van der Waals surface area (Å²) in [6.45, 7) is 11.6. The van der Waals surface area contributed by atoms with Gasteiger partial charge in [-0.1, -0.05) is 20.8 Å². The molecule has 0 saturated heterocycles. The van der Waals surface area contributed by atoms with E-state index in [0.29, 0.717) is 6.61 Å². The number of rotatable bonds is 3. The maximum absolute atomic E-state index is 10.5. The summed E-state index contributed by atoms with van der Waals surface area (Å²) in [6.07, 6.45) is -1.13. The van der Waals surface area contributed by atoms with Crippen LogP contribution in [0.15, 0.2) is 0 Å². The molecule has 0 rings (SSSR count). The summed E-state index contributed by atoms with van der Waals surface area (Å²) in [4.78, 5) is 10.5. The summed E-state index contributed by atoms with van der Waals surface area (Å²) >= 11 is 0. The number of amides is 1. The highest BCUT2D eigenvalue weighted by molar-refractivity contribution is 5.65. The summed E-state index contributed by atoms with van der Waals surface area (Å²) < 4.78 is 5.30. The Bertz CT molecular complexity index is 186. The molecule has 1 radical (unpaired) electrons. The molecule has 0 heterocycles. The van der Waals surface area contributed by atoms with Crippen LogP contribution >= 0.6 is 0 Å². The molecule has 0 aliphatic rings. The van der Waals surface area contributed by atoms with E-state index in [0.717, 1.165) is 0 Å². The van der Waals surface area contributed by atoms with Crippen molar-refractivity contribution in [2.75, 3.05) is 6.61 Å². The first-order valence-electron chi connectivity index (χ1n) is 4.23. The lowest BCUT2D eigenvalue weighted by molar-refractivity contribution is -0.0964. The normalized spacial score (nSPS) is 16.4. The van der Waals surface area contributed by atoms with Crippen LogP contribution in [-0.2, 0) is 4.74 Å². The molecule has 4 heteroatoms. The zero-order valence-electron chi connectivity index (χ0n) is 8.68. The van der Waals surface area contributed by atoms with Crippen LogP contribution in [0.25, 0.3) is 0 Å². The van der Waals surface area contributed by atoms with Crippen molar-refractivity contribution in [1.29, 1.82) is 0 Å². The van der Waals surface area contributed by atoms with Gasteiger partial charge >= 0.3 is 6.09 Å². The molecular weight excluding hydrogens is 170 g/mol. The van der Waals surface area contributed by atoms with Gasteiger partial charge in [0, 0.05) is 18.9 Å². The van der Waals surface area contributed by atoms with Gasteiger partial charge in [-0.25, -0.2) is 4.79 Å². The van der Waals surface area contributed by atoms with Crippen LogP contribution in [-0.4, -0.2) is 23.5 Å². The number of carboxylic acid groups (broad SMARTS) is 1. The van der Waals surface area contributed by atoms with E-state index >= 15 is 0 Å². The zero-order valence-corrected chi connectivity index (χ0v) is 8.68. The number of carbonyl (C=O) groups is 1. The first-order valence-corrected chi connectivity index (χ1v) is 4.23. The lowest BCUT2D eigenvalue weighted by Gasteiger charge is -2.40. The summed E-state index contributed by atoms with van der Waals surface area (Å²) in [6, 6.07) is 0. The van der Waals surface area contributed by atoms with Crippen molar-refractivity contribution < 1.29 is 14.6 Å². The predicted octanol–water partition coefficient (Wildman–Crippen LogP) is 1.87. The molecule has 0 spiro atoms. The number of nitrogens with one attached hydrogen (secondary N) is 1. The maximum Gasteiger partial charge on any atom is 0.406 e. The van der Waals surface area contributed by atoms with E-state index in [1.54, 1.807) is 6.92 Å². The molecule has 2 N–H and O–H groups in total. The minimum absolute atomic E-state index is 0.388. The number of hydrogen-bond acceptors (Lipinski definition) is 2. The Balaban J connectivity index is 4.62. The second-order valence-electron chi connectivity index (χ2n) is 3.94. The molecule has 0 aliphatic heterocycles. The van der Waals surface area contributed by atoms with Crippen molar-refractivity contribution in [2.45, 2.75) is 33.4 Å². The monoisotopic (exact) mass is 188 g/mol. The maximum atomic E-state index is 10.5. The highest BCUT2D eigenvalue weighted by Gasteiger charge is 2.39. The van der Waals surface area contributed by atoms with Gasteiger partial charge < -0.3 is 9.84 Å². The van der Waals surface area contributed by atoms with Crippen molar-refractivity contribution >= 4 is 6.09 Å². The highest BCUT2D eigenvalue weighted by Crippen LogP contribution is 2.30. The van der Waals surface area contributed by atoms with Gasteiger partial charge in [-0.3, -0.25) is 5.32 Å². The molecule has 0 aromatic rings. The van der Waals surface area contributed by atoms with E-state index in [2.05, 4.69) is 12.2 Å². The smallest absolute Gasteiger partial charge is 0.406 e. The first-order chi connectivity index (χ1) is 5.73. The first kappa shape index (κ1) is 12.2. The Kier molecular flexibility index (Phi) is 3.72. The second kappa shape index (κ2) is 3.96. The lowest BCUT2D eigenvalue weighted by Crippen LogP contribution is -2.56. The van der Waals surface area contributed by atoms with E-state index in [-0.39, 0.29) is 5.41 Å². The van der Waals surface area contributed by atoms with Gasteiger partial charge in [0.25, 0.3) is 0 Å². The fourth-order valence-corrected chi connectivity index (χ4v) is 0.859. The Morgan fingerprint density at radius 1 is 1.54 bits per heavy atom. The summed E-state index contributed by atoms with van der Waals surface area (Å²) in [5.74, 6) is 0. The average Bonchev–Trinajstić information content (AvgIpc) is 1.82. The third-order valence-electron chi connectivity index (χ3n) is 1.91. The Labute approximate surface area is 79.3 Å². The van der Waals surface area contributed by atoms with Crippen molar-refractivity contribution in [2.24, 2.45) is 5.41 Å². The summed E-state index contributed by atoms with van der Waals surface area (Å²) in [5.41, 5.74) is -1.48. The second-order valence-corrected chi connectivity index (χ2v) is 3.94. The molecule has 0 aromatic carbocycles. The van der Waals surface area contributed by atoms with E-state index in [9.17, 15) is 4.79 Å². The molecule has 1 atom stereocenters. The van der Waals surface area contributed by atoms with Crippen molar-refractivity contribution in [3.8, 4) is 0 Å². The minimum Gasteiger partial charge on any atom is -0.465 e. The molecule has 0 fully saturated rings. The Morgan fingerprint density at radius 3 is 2.23 bits per heavy atom. The largest absolute Gasteiger partial charge is 0.465 e. The third-order valence-corrected chi connectivity index (χ3v) is 1.91. The van der Waals surface area contributed by atoms with Crippen LogP contribution in [0, 0.1) is 12.3 Å². The van der Waals surface area contributed by atoms with Crippen LogP contribution in [0.4, 0.5) is 4.79 Å². The molecule has 4 nitrogen and oxygen atoms in total. The summed E-state index contributed by atoms with van der Waals surface area (Å²) in [7, 11) is 0. The fraction of sp³-hybridized carbons (Fsp3) is 0.778. The van der Waals surface area contributed by atoms with Gasteiger partial charge in [0.05, 0.1) is 0 Å². The third kappa shape index (κ3) is 3.22. The average molecular weight is 188 g/mol. The molecule has 0 saturated carbocycles. The molecular formula is C9H18NO3. The molecule has 77 valence electrons. The lowest BCUT2D eigenvalue weighted by atomic mass is 9.84. The standard InChI is InChI=1S/C9H18NO3/c1-6-13-9(5,8(2,3)4)10-7(11)12/h10H,5-6H2,1-4H3,(H,11,12). The zero-order chi connectivity index (χ0) is 10.7. The van der Waals surface area contributed by atoms with E-state index < -0.39 is 11.8 Å². The van der Waals surface area contributed by atoms with Crippen LogP contribution < -0.4 is 5.32 Å². The van der Waals surface area contributed by atoms with Gasteiger partial charge in [0.2, 0.25) is 0 Å². The van der Waals surface area contributed by atoms with Gasteiger partial charge in [0.1, 0.15) is 5.72 Å². The van der Waals surface area contributed by atoms with Crippen LogP contribution in [0.1, 0.15) is 27.7 Å². The van der Waals surface area contributed by atoms with E-state index in [1.165, 1.54) is 0 Å². The van der Waals surface area contributed by atoms with Crippen molar-refractivity contribution in [3.05, 3.63) is 6.92 Å². The summed E-state index contributed by atoms with van der Waals surface area (Å²) in [5, 5.41) is 10.9. The number of hydrogen-bond donors (Lipinski definition) is 2. The van der Waals surface area contributed by atoms with Crippen molar-refractivity contribution in [3.63, 3.8) is 0 Å². The van der Waals surface area contributed by atoms with E-state index in [1.807, 2.05) is 20.8 Å². The molecule has 0 aliphatic carbocycles. The quantitative estimate of drug-likeness (QED) is 0.665. The Hall–Kier alpha value is -0.770. The predicted molar refractivity (Wildman–Crippen MR) is 50.3 cm³/mol. The molecule has 0 bridgehead atoms. The molecule has 13 heavy (non-hydrogen) atoms. The van der Waals surface area contributed by atoms with Crippen LogP contribution in [0.3, 0.4) is 0 Å². The molecule has 1 unspecified atom stereocenters. The van der Waals surface area contributed by atoms with Crippen LogP contribution in [0.5, 0.6) is 0 Å². The van der Waals surface area contributed by atoms with Crippen LogP contribution in [0.2, 0.25) is 0 Å². The van der Waals surface area contributed by atoms with Gasteiger partial charge in [-0.2, -0.15) is 0 Å². The SMILES string of the molecule is [CH2]C(NC(=O)O)(OCC)C(C)(C)C. The topological polar surface area (TPSA) is 58.6 Å². The molecule has 0 aromatic heterocycles. The number of ether oxygens (including phenoxy) is 1. The van der Waals surface area contributed by atoms with Gasteiger partial charge in [-0.05, 0) is 6.92 Å².